The van der Waals surface area contributed by atoms with Gasteiger partial charge in [-0.3, -0.25) is 9.69 Å². The lowest BCUT2D eigenvalue weighted by molar-refractivity contribution is -0.121. The molecule has 2 fully saturated rings. The van der Waals surface area contributed by atoms with Crippen molar-refractivity contribution in [3.8, 4) is 0 Å². The molecule has 0 aromatic heterocycles. The molecule has 2 aliphatic rings. The zero-order valence-electron chi connectivity index (χ0n) is 16.0. The van der Waals surface area contributed by atoms with Crippen LogP contribution in [0.3, 0.4) is 0 Å². The smallest absolute Gasteiger partial charge is 0.220 e. The summed E-state index contributed by atoms with van der Waals surface area (Å²) in [6.45, 7) is 2.96. The fourth-order valence-corrected chi connectivity index (χ4v) is 4.42. The molecule has 0 radical (unpaired) electrons. The number of hydrogen-bond acceptors (Lipinski definition) is 2. The second-order valence-electron chi connectivity index (χ2n) is 8.03. The summed E-state index contributed by atoms with van der Waals surface area (Å²) in [5, 5.41) is 3.26. The van der Waals surface area contributed by atoms with Crippen LogP contribution in [-0.4, -0.2) is 30.4 Å². The Morgan fingerprint density at radius 3 is 2.11 bits per heavy atom. The van der Waals surface area contributed by atoms with Crippen molar-refractivity contribution in [3.05, 3.63) is 71.8 Å². The number of nitrogens with zero attached hydrogens (tertiary/aromatic N) is 1. The second-order valence-corrected chi connectivity index (χ2v) is 8.03. The Balaban J connectivity index is 1.39. The van der Waals surface area contributed by atoms with Gasteiger partial charge in [0.15, 0.2) is 0 Å². The Morgan fingerprint density at radius 2 is 1.52 bits per heavy atom. The minimum Gasteiger partial charge on any atom is -0.354 e. The third-order valence-corrected chi connectivity index (χ3v) is 6.08. The van der Waals surface area contributed by atoms with Gasteiger partial charge in [-0.2, -0.15) is 0 Å². The Bertz CT molecular complexity index is 721. The average Bonchev–Trinajstić information content (AvgIpc) is 3.42. The fraction of sp³-hybridized carbons (Fsp3) is 0.458. The highest BCUT2D eigenvalue weighted by Gasteiger charge is 2.33. The second kappa shape index (κ2) is 8.71. The van der Waals surface area contributed by atoms with E-state index in [1.807, 2.05) is 6.07 Å². The van der Waals surface area contributed by atoms with Crippen molar-refractivity contribution in [1.82, 2.24) is 10.2 Å². The molecule has 0 bridgehead atoms. The zero-order valence-corrected chi connectivity index (χ0v) is 16.0. The molecule has 1 heterocycles. The van der Waals surface area contributed by atoms with E-state index in [0.717, 1.165) is 13.1 Å². The van der Waals surface area contributed by atoms with Gasteiger partial charge in [-0.1, -0.05) is 60.7 Å². The van der Waals surface area contributed by atoms with Crippen molar-refractivity contribution in [3.63, 3.8) is 0 Å². The summed E-state index contributed by atoms with van der Waals surface area (Å²) in [5.74, 6) is 1.24. The molecule has 1 N–H and O–H groups in total. The third-order valence-electron chi connectivity index (χ3n) is 6.08. The van der Waals surface area contributed by atoms with Gasteiger partial charge in [0.05, 0.1) is 6.04 Å². The van der Waals surface area contributed by atoms with E-state index in [1.165, 1.54) is 36.8 Å². The van der Waals surface area contributed by atoms with Crippen molar-refractivity contribution in [2.45, 2.75) is 44.1 Å². The largest absolute Gasteiger partial charge is 0.354 e. The molecule has 1 aliphatic carbocycles. The topological polar surface area (TPSA) is 32.3 Å². The van der Waals surface area contributed by atoms with Crippen LogP contribution in [0.15, 0.2) is 60.7 Å². The van der Waals surface area contributed by atoms with Gasteiger partial charge in [-0.15, -0.1) is 0 Å². The van der Waals surface area contributed by atoms with Crippen LogP contribution < -0.4 is 5.32 Å². The number of likely N-dealkylation sites (tertiary alicyclic amines) is 1. The molecule has 2 aromatic carbocycles. The molecule has 2 unspecified atom stereocenters. The van der Waals surface area contributed by atoms with E-state index >= 15 is 0 Å². The third kappa shape index (κ3) is 4.78. The predicted molar refractivity (Wildman–Crippen MR) is 110 cm³/mol. The van der Waals surface area contributed by atoms with Gasteiger partial charge in [0.1, 0.15) is 0 Å². The normalized spacial score (nSPS) is 19.6. The van der Waals surface area contributed by atoms with E-state index in [9.17, 15) is 4.79 Å². The van der Waals surface area contributed by atoms with Gasteiger partial charge in [0, 0.05) is 13.0 Å². The first-order valence-corrected chi connectivity index (χ1v) is 10.4. The maximum Gasteiger partial charge on any atom is 0.220 e. The van der Waals surface area contributed by atoms with Crippen molar-refractivity contribution >= 4 is 5.91 Å². The van der Waals surface area contributed by atoms with E-state index in [-0.39, 0.29) is 11.9 Å². The Kier molecular flexibility index (Phi) is 5.88. The monoisotopic (exact) mass is 362 g/mol. The lowest BCUT2D eigenvalue weighted by Crippen LogP contribution is -2.37. The minimum absolute atomic E-state index is 0.191. The lowest BCUT2D eigenvalue weighted by atomic mass is 9.90. The molecule has 1 aliphatic heterocycles. The molecular formula is C24H30N2O. The van der Waals surface area contributed by atoms with Crippen LogP contribution in [0.4, 0.5) is 0 Å². The summed E-state index contributed by atoms with van der Waals surface area (Å²) < 4.78 is 0. The SMILES string of the molecule is O=C(CC(c1ccccc1)C1CC1)NCC(c1ccccc1)N1CCCC1. The zero-order chi connectivity index (χ0) is 18.5. The molecule has 2 aromatic rings. The Morgan fingerprint density at radius 1 is 0.926 bits per heavy atom. The van der Waals surface area contributed by atoms with Gasteiger partial charge in [-0.05, 0) is 61.7 Å². The number of amides is 1. The Labute approximate surface area is 162 Å². The van der Waals surface area contributed by atoms with Gasteiger partial charge in [0.2, 0.25) is 5.91 Å². The summed E-state index contributed by atoms with van der Waals surface area (Å²) in [6.07, 6.45) is 5.64. The number of benzene rings is 2. The van der Waals surface area contributed by atoms with E-state index in [2.05, 4.69) is 64.8 Å². The van der Waals surface area contributed by atoms with E-state index in [0.29, 0.717) is 24.8 Å². The van der Waals surface area contributed by atoms with E-state index < -0.39 is 0 Å². The van der Waals surface area contributed by atoms with Crippen LogP contribution >= 0.6 is 0 Å². The molecule has 1 saturated heterocycles. The molecule has 4 rings (SSSR count). The first-order valence-electron chi connectivity index (χ1n) is 10.4. The molecule has 1 amide bonds. The fourth-order valence-electron chi connectivity index (χ4n) is 4.42. The van der Waals surface area contributed by atoms with Crippen LogP contribution in [0.1, 0.15) is 55.2 Å². The number of carbonyl (C=O) groups excluding carboxylic acids is 1. The Hall–Kier alpha value is -2.13. The van der Waals surface area contributed by atoms with E-state index in [4.69, 9.17) is 0 Å². The van der Waals surface area contributed by atoms with Crippen molar-refractivity contribution < 1.29 is 4.79 Å². The van der Waals surface area contributed by atoms with Crippen molar-refractivity contribution in [1.29, 1.82) is 0 Å². The lowest BCUT2D eigenvalue weighted by Gasteiger charge is -2.28. The van der Waals surface area contributed by atoms with Crippen LogP contribution in [0.5, 0.6) is 0 Å². The summed E-state index contributed by atoms with van der Waals surface area (Å²) in [7, 11) is 0. The van der Waals surface area contributed by atoms with Gasteiger partial charge in [-0.25, -0.2) is 0 Å². The van der Waals surface area contributed by atoms with Crippen LogP contribution in [-0.2, 0) is 4.79 Å². The van der Waals surface area contributed by atoms with Crippen molar-refractivity contribution in [2.24, 2.45) is 5.92 Å². The van der Waals surface area contributed by atoms with Gasteiger partial charge < -0.3 is 5.32 Å². The minimum atomic E-state index is 0.191. The molecular weight excluding hydrogens is 332 g/mol. The highest BCUT2D eigenvalue weighted by Crippen LogP contribution is 2.44. The van der Waals surface area contributed by atoms with Crippen LogP contribution in [0.25, 0.3) is 0 Å². The number of nitrogens with one attached hydrogen (secondary N) is 1. The summed E-state index contributed by atoms with van der Waals surface area (Å²) in [5.41, 5.74) is 2.62. The first kappa shape index (κ1) is 18.2. The molecule has 0 spiro atoms. The number of rotatable bonds is 8. The van der Waals surface area contributed by atoms with Crippen LogP contribution in [0.2, 0.25) is 0 Å². The van der Waals surface area contributed by atoms with Crippen LogP contribution in [0, 0.1) is 5.92 Å². The van der Waals surface area contributed by atoms with E-state index in [1.54, 1.807) is 0 Å². The molecule has 3 nitrogen and oxygen atoms in total. The molecule has 1 saturated carbocycles. The summed E-state index contributed by atoms with van der Waals surface area (Å²) >= 11 is 0. The molecule has 27 heavy (non-hydrogen) atoms. The highest BCUT2D eigenvalue weighted by molar-refractivity contribution is 5.77. The first-order chi connectivity index (χ1) is 13.3. The molecule has 142 valence electrons. The highest BCUT2D eigenvalue weighted by atomic mass is 16.1. The number of carbonyl (C=O) groups is 1. The predicted octanol–water partition coefficient (Wildman–Crippen LogP) is 4.52. The van der Waals surface area contributed by atoms with Gasteiger partial charge >= 0.3 is 0 Å². The average molecular weight is 363 g/mol. The molecule has 2 atom stereocenters. The maximum absolute atomic E-state index is 12.8. The summed E-state index contributed by atoms with van der Waals surface area (Å²) in [4.78, 5) is 15.3. The standard InChI is InChI=1S/C24H30N2O/c27-24(17-22(20-13-14-20)19-9-3-1-4-10-19)25-18-23(26-15-7-8-16-26)21-11-5-2-6-12-21/h1-6,9-12,20,22-23H,7-8,13-18H2,(H,25,27). The molecule has 3 heteroatoms. The van der Waals surface area contributed by atoms with Crippen molar-refractivity contribution in [2.75, 3.05) is 19.6 Å². The summed E-state index contributed by atoms with van der Waals surface area (Å²) in [6, 6.07) is 21.5. The van der Waals surface area contributed by atoms with Gasteiger partial charge in [0.25, 0.3) is 0 Å². The maximum atomic E-state index is 12.8. The number of hydrogen-bond donors (Lipinski definition) is 1. The quantitative estimate of drug-likeness (QED) is 0.749.